The van der Waals surface area contributed by atoms with Crippen molar-refractivity contribution in [1.82, 2.24) is 20.5 Å². The first kappa shape index (κ1) is 17.9. The number of carbonyl (C=O) groups is 2. The highest BCUT2D eigenvalue weighted by molar-refractivity contribution is 7.10. The third-order valence-electron chi connectivity index (χ3n) is 4.04. The van der Waals surface area contributed by atoms with E-state index in [-0.39, 0.29) is 11.9 Å². The average molecular weight is 368 g/mol. The standard InChI is InChI=1S/C19H20N4O2S/c1-3-10-23(12-14-7-4-5-9-20-14)18(24)16-13(2)21-19(25)22-17(16)15-8-6-11-26-15/h3-9,11,17H,1,10,12H2,2H3,(H2,21,22,25)/t17-/m1/s1. The van der Waals surface area contributed by atoms with Crippen molar-refractivity contribution in [2.24, 2.45) is 0 Å². The lowest BCUT2D eigenvalue weighted by Gasteiger charge is -2.31. The van der Waals surface area contributed by atoms with Crippen LogP contribution in [0.15, 0.2) is 65.8 Å². The number of hydrogen-bond donors (Lipinski definition) is 2. The Morgan fingerprint density at radius 3 is 2.88 bits per heavy atom. The zero-order valence-electron chi connectivity index (χ0n) is 14.4. The van der Waals surface area contributed by atoms with E-state index in [0.717, 1.165) is 10.6 Å². The van der Waals surface area contributed by atoms with Crippen molar-refractivity contribution < 1.29 is 9.59 Å². The van der Waals surface area contributed by atoms with Crippen molar-refractivity contribution in [2.45, 2.75) is 19.5 Å². The molecule has 134 valence electrons. The number of hydrogen-bond acceptors (Lipinski definition) is 4. The van der Waals surface area contributed by atoms with Gasteiger partial charge in [0.1, 0.15) is 0 Å². The number of nitrogens with zero attached hydrogens (tertiary/aromatic N) is 2. The maximum Gasteiger partial charge on any atom is 0.319 e. The third-order valence-corrected chi connectivity index (χ3v) is 4.98. The number of aromatic nitrogens is 1. The van der Waals surface area contributed by atoms with E-state index in [1.807, 2.05) is 35.7 Å². The first-order chi connectivity index (χ1) is 12.6. The first-order valence-corrected chi connectivity index (χ1v) is 9.10. The van der Waals surface area contributed by atoms with Crippen molar-refractivity contribution in [3.05, 3.63) is 76.4 Å². The normalized spacial score (nSPS) is 16.7. The molecule has 2 N–H and O–H groups in total. The Bertz CT molecular complexity index is 830. The maximum atomic E-state index is 13.3. The fourth-order valence-corrected chi connectivity index (χ4v) is 3.66. The predicted octanol–water partition coefficient (Wildman–Crippen LogP) is 2.99. The molecule has 0 radical (unpaired) electrons. The van der Waals surface area contributed by atoms with Crippen molar-refractivity contribution in [1.29, 1.82) is 0 Å². The highest BCUT2D eigenvalue weighted by Crippen LogP contribution is 2.31. The van der Waals surface area contributed by atoms with Crippen LogP contribution in [-0.2, 0) is 11.3 Å². The van der Waals surface area contributed by atoms with Gasteiger partial charge < -0.3 is 15.5 Å². The van der Waals surface area contributed by atoms with Gasteiger partial charge in [-0.05, 0) is 30.5 Å². The molecule has 3 heterocycles. The summed E-state index contributed by atoms with van der Waals surface area (Å²) in [6, 6.07) is 8.65. The second kappa shape index (κ2) is 7.97. The molecule has 1 aliphatic rings. The van der Waals surface area contributed by atoms with E-state index >= 15 is 0 Å². The molecule has 0 unspecified atom stereocenters. The Morgan fingerprint density at radius 2 is 2.23 bits per heavy atom. The van der Waals surface area contributed by atoms with E-state index in [2.05, 4.69) is 22.2 Å². The quantitative estimate of drug-likeness (QED) is 0.770. The van der Waals surface area contributed by atoms with Crippen molar-refractivity contribution in [3.8, 4) is 0 Å². The third kappa shape index (κ3) is 3.83. The molecule has 0 aromatic carbocycles. The van der Waals surface area contributed by atoms with Crippen molar-refractivity contribution in [3.63, 3.8) is 0 Å². The molecule has 1 atom stereocenters. The fourth-order valence-electron chi connectivity index (χ4n) is 2.88. The number of allylic oxidation sites excluding steroid dienone is 1. The fraction of sp³-hybridized carbons (Fsp3) is 0.211. The molecule has 2 aromatic rings. The molecule has 3 amide bonds. The predicted molar refractivity (Wildman–Crippen MR) is 101 cm³/mol. The van der Waals surface area contributed by atoms with E-state index in [9.17, 15) is 9.59 Å². The number of urea groups is 1. The number of amides is 3. The van der Waals surface area contributed by atoms with Gasteiger partial charge in [0.25, 0.3) is 5.91 Å². The zero-order valence-corrected chi connectivity index (χ0v) is 15.3. The van der Waals surface area contributed by atoms with Crippen molar-refractivity contribution in [2.75, 3.05) is 6.54 Å². The number of rotatable bonds is 6. The molecule has 0 fully saturated rings. The van der Waals surface area contributed by atoms with Crippen LogP contribution in [0.5, 0.6) is 0 Å². The van der Waals surface area contributed by atoms with E-state index in [1.54, 1.807) is 24.1 Å². The van der Waals surface area contributed by atoms with Crippen LogP contribution in [0.2, 0.25) is 0 Å². The molecule has 3 rings (SSSR count). The number of carbonyl (C=O) groups excluding carboxylic acids is 2. The van der Waals surface area contributed by atoms with Gasteiger partial charge in [-0.1, -0.05) is 18.2 Å². The summed E-state index contributed by atoms with van der Waals surface area (Å²) >= 11 is 1.50. The Labute approximate surface area is 156 Å². The molecular weight excluding hydrogens is 348 g/mol. The lowest BCUT2D eigenvalue weighted by Crippen LogP contribution is -2.47. The lowest BCUT2D eigenvalue weighted by atomic mass is 9.99. The smallest absolute Gasteiger partial charge is 0.319 e. The second-order valence-electron chi connectivity index (χ2n) is 5.88. The van der Waals surface area contributed by atoms with E-state index < -0.39 is 6.04 Å². The van der Waals surface area contributed by atoms with E-state index in [1.165, 1.54) is 11.3 Å². The lowest BCUT2D eigenvalue weighted by molar-refractivity contribution is -0.127. The van der Waals surface area contributed by atoms with Crippen LogP contribution in [0.25, 0.3) is 0 Å². The van der Waals surface area contributed by atoms with Crippen LogP contribution < -0.4 is 10.6 Å². The summed E-state index contributed by atoms with van der Waals surface area (Å²) in [7, 11) is 0. The summed E-state index contributed by atoms with van der Waals surface area (Å²) in [5.74, 6) is -0.154. The SMILES string of the molecule is C=CCN(Cc1ccccn1)C(=O)C1=C(C)NC(=O)N[C@@H]1c1cccs1. The highest BCUT2D eigenvalue weighted by atomic mass is 32.1. The molecule has 6 nitrogen and oxygen atoms in total. The molecule has 2 aromatic heterocycles. The topological polar surface area (TPSA) is 74.3 Å². The van der Waals surface area contributed by atoms with Crippen molar-refractivity contribution >= 4 is 23.3 Å². The van der Waals surface area contributed by atoms with Gasteiger partial charge in [0.05, 0.1) is 23.9 Å². The Kier molecular flexibility index (Phi) is 5.48. The van der Waals surface area contributed by atoms with Gasteiger partial charge in [-0.25, -0.2) is 4.79 Å². The summed E-state index contributed by atoms with van der Waals surface area (Å²) in [5.41, 5.74) is 1.89. The van der Waals surface area contributed by atoms with Gasteiger partial charge >= 0.3 is 6.03 Å². The maximum absolute atomic E-state index is 13.3. The first-order valence-electron chi connectivity index (χ1n) is 8.22. The Balaban J connectivity index is 1.93. The van der Waals surface area contributed by atoms with Gasteiger partial charge in [0.15, 0.2) is 0 Å². The minimum absolute atomic E-state index is 0.154. The van der Waals surface area contributed by atoms with E-state index in [4.69, 9.17) is 0 Å². The zero-order chi connectivity index (χ0) is 18.5. The van der Waals surface area contributed by atoms with Gasteiger partial charge in [0, 0.05) is 23.3 Å². The van der Waals surface area contributed by atoms with Crippen LogP contribution in [0.1, 0.15) is 23.5 Å². The number of thiophene rings is 1. The summed E-state index contributed by atoms with van der Waals surface area (Å²) in [6.45, 7) is 6.26. The van der Waals surface area contributed by atoms with Gasteiger partial charge in [-0.2, -0.15) is 0 Å². The summed E-state index contributed by atoms with van der Waals surface area (Å²) in [4.78, 5) is 32.1. The number of nitrogens with one attached hydrogen (secondary N) is 2. The van der Waals surface area contributed by atoms with Crippen LogP contribution in [-0.4, -0.2) is 28.4 Å². The minimum Gasteiger partial charge on any atom is -0.329 e. The molecule has 7 heteroatoms. The van der Waals surface area contributed by atoms with Crippen LogP contribution in [0.4, 0.5) is 4.79 Å². The average Bonchev–Trinajstić information content (AvgIpc) is 3.16. The van der Waals surface area contributed by atoms with Crippen LogP contribution in [0, 0.1) is 0 Å². The Morgan fingerprint density at radius 1 is 1.38 bits per heavy atom. The summed E-state index contributed by atoms with van der Waals surface area (Å²) in [6.07, 6.45) is 3.39. The molecule has 1 aliphatic heterocycles. The van der Waals surface area contributed by atoms with Crippen LogP contribution in [0.3, 0.4) is 0 Å². The molecule has 0 aliphatic carbocycles. The van der Waals surface area contributed by atoms with Gasteiger partial charge in [0.2, 0.25) is 0 Å². The Hall–Kier alpha value is -2.93. The molecule has 26 heavy (non-hydrogen) atoms. The second-order valence-corrected chi connectivity index (χ2v) is 6.86. The summed E-state index contributed by atoms with van der Waals surface area (Å²) in [5, 5.41) is 7.49. The number of pyridine rings is 1. The molecular formula is C19H20N4O2S. The van der Waals surface area contributed by atoms with Gasteiger partial charge in [-0.15, -0.1) is 17.9 Å². The van der Waals surface area contributed by atoms with Crippen LogP contribution >= 0.6 is 11.3 Å². The molecule has 0 saturated heterocycles. The van der Waals surface area contributed by atoms with E-state index in [0.29, 0.717) is 24.4 Å². The molecule has 0 spiro atoms. The molecule has 0 saturated carbocycles. The largest absolute Gasteiger partial charge is 0.329 e. The minimum atomic E-state index is -0.465. The highest BCUT2D eigenvalue weighted by Gasteiger charge is 2.34. The van der Waals surface area contributed by atoms with Gasteiger partial charge in [-0.3, -0.25) is 9.78 Å². The monoisotopic (exact) mass is 368 g/mol. The summed E-state index contributed by atoms with van der Waals surface area (Å²) < 4.78 is 0. The molecule has 0 bridgehead atoms.